The van der Waals surface area contributed by atoms with Crippen LogP contribution < -0.4 is 4.74 Å². The van der Waals surface area contributed by atoms with Gasteiger partial charge < -0.3 is 9.84 Å². The molecule has 0 radical (unpaired) electrons. The second-order valence-electron chi connectivity index (χ2n) is 4.04. The van der Waals surface area contributed by atoms with Gasteiger partial charge in [-0.3, -0.25) is 0 Å². The summed E-state index contributed by atoms with van der Waals surface area (Å²) in [6.45, 7) is -3.24. The predicted molar refractivity (Wildman–Crippen MR) is 51.6 cm³/mol. The molecule has 1 aliphatic carbocycles. The number of rotatable bonds is 2. The molecule has 106 valence electrons. The van der Waals surface area contributed by atoms with Crippen LogP contribution in [0.25, 0.3) is 0 Å². The first kappa shape index (κ1) is 14.0. The molecule has 2 rings (SSSR count). The maximum atomic E-state index is 13.3. The molecule has 0 fully saturated rings. The molecule has 1 unspecified atom stereocenters. The molecule has 8 heteroatoms. The van der Waals surface area contributed by atoms with Gasteiger partial charge in [-0.2, -0.15) is 22.0 Å². The summed E-state index contributed by atoms with van der Waals surface area (Å²) in [4.78, 5) is 0. The summed E-state index contributed by atoms with van der Waals surface area (Å²) in [5, 5.41) is 9.43. The van der Waals surface area contributed by atoms with Crippen molar-refractivity contribution in [2.24, 2.45) is 0 Å². The second kappa shape index (κ2) is 4.59. The largest absolute Gasteiger partial charge is 0.435 e. The fraction of sp³-hybridized carbons (Fsp3) is 0.455. The van der Waals surface area contributed by atoms with Gasteiger partial charge in [-0.15, -0.1) is 0 Å². The number of alkyl halides is 6. The summed E-state index contributed by atoms with van der Waals surface area (Å²) in [5.74, 6) is -0.544. The lowest BCUT2D eigenvalue weighted by molar-refractivity contribution is -0.139. The lowest BCUT2D eigenvalue weighted by Gasteiger charge is -2.17. The summed E-state index contributed by atoms with van der Waals surface area (Å²) < 4.78 is 79.8. The van der Waals surface area contributed by atoms with Crippen molar-refractivity contribution in [3.63, 3.8) is 0 Å². The summed E-state index contributed by atoms with van der Waals surface area (Å²) >= 11 is 0. The molecule has 0 aromatic heterocycles. The molecule has 0 amide bonds. The Morgan fingerprint density at radius 2 is 1.89 bits per heavy atom. The number of benzene rings is 1. The molecule has 0 spiro atoms. The molecule has 0 saturated carbocycles. The molecule has 0 bridgehead atoms. The highest BCUT2D eigenvalue weighted by molar-refractivity contribution is 5.51. The summed E-state index contributed by atoms with van der Waals surface area (Å²) in [6, 6.07) is 1.20. The third-order valence-electron chi connectivity index (χ3n) is 2.87. The quantitative estimate of drug-likeness (QED) is 0.846. The van der Waals surface area contributed by atoms with Crippen molar-refractivity contribution in [2.45, 2.75) is 31.5 Å². The zero-order chi connectivity index (χ0) is 14.4. The highest BCUT2D eigenvalue weighted by Gasteiger charge is 2.43. The first-order valence-electron chi connectivity index (χ1n) is 5.21. The minimum absolute atomic E-state index is 0.366. The molecule has 0 aliphatic heterocycles. The van der Waals surface area contributed by atoms with E-state index < -0.39 is 48.4 Å². The van der Waals surface area contributed by atoms with Gasteiger partial charge in [-0.25, -0.2) is 4.39 Å². The Kier molecular flexibility index (Phi) is 3.38. The summed E-state index contributed by atoms with van der Waals surface area (Å²) in [6.07, 6.45) is -9.37. The van der Waals surface area contributed by atoms with Crippen LogP contribution in [-0.4, -0.2) is 17.9 Å². The standard InChI is InChI=1S/C11H8F6O2/c12-6-3-4-7(19-10(13)14)2-1-5(11(15,16)17)8(4)9(6)18/h1-2,6,9-10,18H,3H2/t6?,9-/m1/s1. The third-order valence-corrected chi connectivity index (χ3v) is 2.87. The van der Waals surface area contributed by atoms with Gasteiger partial charge >= 0.3 is 12.8 Å². The van der Waals surface area contributed by atoms with Gasteiger partial charge in [-0.1, -0.05) is 0 Å². The highest BCUT2D eigenvalue weighted by atomic mass is 19.4. The molecule has 0 saturated heterocycles. The second-order valence-corrected chi connectivity index (χ2v) is 4.04. The average Bonchev–Trinajstić information content (AvgIpc) is 2.55. The van der Waals surface area contributed by atoms with Crippen LogP contribution in [0.5, 0.6) is 5.75 Å². The van der Waals surface area contributed by atoms with E-state index in [9.17, 15) is 31.4 Å². The van der Waals surface area contributed by atoms with Gasteiger partial charge in [0.25, 0.3) is 0 Å². The molecule has 2 atom stereocenters. The van der Waals surface area contributed by atoms with E-state index in [1.807, 2.05) is 0 Å². The maximum Gasteiger partial charge on any atom is 0.416 e. The number of ether oxygens (including phenoxy) is 1. The van der Waals surface area contributed by atoms with E-state index in [4.69, 9.17) is 0 Å². The van der Waals surface area contributed by atoms with Crippen LogP contribution in [0.1, 0.15) is 22.8 Å². The fourth-order valence-corrected chi connectivity index (χ4v) is 2.13. The monoisotopic (exact) mass is 286 g/mol. The lowest BCUT2D eigenvalue weighted by Crippen LogP contribution is -2.14. The zero-order valence-corrected chi connectivity index (χ0v) is 9.22. The number of hydrogen-bond donors (Lipinski definition) is 1. The minimum atomic E-state index is -4.81. The van der Waals surface area contributed by atoms with E-state index in [-0.39, 0.29) is 5.56 Å². The first-order chi connectivity index (χ1) is 8.71. The Labute approximate surface area is 103 Å². The van der Waals surface area contributed by atoms with Crippen LogP contribution in [-0.2, 0) is 12.6 Å². The predicted octanol–water partition coefficient (Wildman–Crippen LogP) is 3.23. The Morgan fingerprint density at radius 3 is 2.42 bits per heavy atom. The fourth-order valence-electron chi connectivity index (χ4n) is 2.13. The van der Waals surface area contributed by atoms with Gasteiger partial charge in [0.05, 0.1) is 5.56 Å². The van der Waals surface area contributed by atoms with Crippen LogP contribution in [0.15, 0.2) is 12.1 Å². The molecule has 1 N–H and O–H groups in total. The van der Waals surface area contributed by atoms with Crippen LogP contribution >= 0.6 is 0 Å². The number of hydrogen-bond acceptors (Lipinski definition) is 2. The topological polar surface area (TPSA) is 29.5 Å². The van der Waals surface area contributed by atoms with E-state index in [0.29, 0.717) is 12.1 Å². The van der Waals surface area contributed by atoms with Crippen LogP contribution in [0.3, 0.4) is 0 Å². The highest BCUT2D eigenvalue weighted by Crippen LogP contribution is 2.46. The normalized spacial score (nSPS) is 22.7. The number of aliphatic hydroxyl groups is 1. The number of fused-ring (bicyclic) bond motifs is 1. The van der Waals surface area contributed by atoms with Crippen molar-refractivity contribution in [1.82, 2.24) is 0 Å². The molecule has 0 heterocycles. The van der Waals surface area contributed by atoms with E-state index in [1.165, 1.54) is 0 Å². The van der Waals surface area contributed by atoms with Gasteiger partial charge in [0.15, 0.2) is 0 Å². The summed E-state index contributed by atoms with van der Waals surface area (Å²) in [5.41, 5.74) is -2.33. The van der Waals surface area contributed by atoms with Crippen LogP contribution in [0.4, 0.5) is 26.3 Å². The maximum absolute atomic E-state index is 13.3. The SMILES string of the molecule is O[C@H]1c2c(C(F)(F)F)ccc(OC(F)F)c2CC1F. The first-order valence-corrected chi connectivity index (χ1v) is 5.21. The number of halogens is 6. The third kappa shape index (κ3) is 2.49. The van der Waals surface area contributed by atoms with E-state index in [0.717, 1.165) is 0 Å². The minimum Gasteiger partial charge on any atom is -0.435 e. The molecule has 1 aromatic rings. The average molecular weight is 286 g/mol. The smallest absolute Gasteiger partial charge is 0.416 e. The van der Waals surface area contributed by atoms with E-state index in [2.05, 4.69) is 4.74 Å². The Balaban J connectivity index is 2.57. The molecule has 2 nitrogen and oxygen atoms in total. The van der Waals surface area contributed by atoms with Crippen molar-refractivity contribution in [3.05, 3.63) is 28.8 Å². The van der Waals surface area contributed by atoms with Gasteiger partial charge in [0.2, 0.25) is 0 Å². The Morgan fingerprint density at radius 1 is 1.26 bits per heavy atom. The molecular formula is C11H8F6O2. The van der Waals surface area contributed by atoms with E-state index >= 15 is 0 Å². The number of aliphatic hydroxyl groups excluding tert-OH is 1. The molecule has 1 aromatic carbocycles. The molecule has 19 heavy (non-hydrogen) atoms. The van der Waals surface area contributed by atoms with Gasteiger partial charge in [-0.05, 0) is 12.1 Å². The Bertz CT molecular complexity index is 485. The van der Waals surface area contributed by atoms with Crippen molar-refractivity contribution >= 4 is 0 Å². The lowest BCUT2D eigenvalue weighted by atomic mass is 10.0. The van der Waals surface area contributed by atoms with Gasteiger partial charge in [0.1, 0.15) is 18.0 Å². The van der Waals surface area contributed by atoms with Crippen molar-refractivity contribution in [1.29, 1.82) is 0 Å². The van der Waals surface area contributed by atoms with Crippen LogP contribution in [0, 0.1) is 0 Å². The summed E-state index contributed by atoms with van der Waals surface area (Å²) in [7, 11) is 0. The van der Waals surface area contributed by atoms with Gasteiger partial charge in [0, 0.05) is 17.5 Å². The van der Waals surface area contributed by atoms with Crippen molar-refractivity contribution in [3.8, 4) is 5.75 Å². The zero-order valence-electron chi connectivity index (χ0n) is 9.22. The molecule has 1 aliphatic rings. The van der Waals surface area contributed by atoms with E-state index in [1.54, 1.807) is 0 Å². The Hall–Kier alpha value is -1.44. The molecular weight excluding hydrogens is 278 g/mol. The van der Waals surface area contributed by atoms with Crippen LogP contribution in [0.2, 0.25) is 0 Å². The van der Waals surface area contributed by atoms with Crippen molar-refractivity contribution < 1.29 is 36.2 Å². The van der Waals surface area contributed by atoms with Crippen molar-refractivity contribution in [2.75, 3.05) is 0 Å².